The second-order valence-corrected chi connectivity index (χ2v) is 3.10. The third kappa shape index (κ3) is 0.970. The van der Waals surface area contributed by atoms with Gasteiger partial charge in [0.05, 0.1) is 11.4 Å². The fraction of sp³-hybridized carbons (Fsp3) is 0.100. The van der Waals surface area contributed by atoms with Crippen LogP contribution in [0.1, 0.15) is 0 Å². The van der Waals surface area contributed by atoms with E-state index in [9.17, 15) is 0 Å². The molecule has 0 spiro atoms. The van der Waals surface area contributed by atoms with Crippen molar-refractivity contribution in [3.8, 4) is 0 Å². The first-order valence-electron chi connectivity index (χ1n) is 4.43. The lowest BCUT2D eigenvalue weighted by Crippen LogP contribution is -2.16. The Labute approximate surface area is 81.3 Å². The van der Waals surface area contributed by atoms with Crippen LogP contribution in [0.2, 0.25) is 0 Å². The van der Waals surface area contributed by atoms with E-state index in [0.29, 0.717) is 6.67 Å². The van der Waals surface area contributed by atoms with Gasteiger partial charge in [-0.1, -0.05) is 12.1 Å². The number of allylic oxidation sites excluding steroid dienone is 1. The highest BCUT2D eigenvalue weighted by atomic mass is 15.4. The van der Waals surface area contributed by atoms with E-state index in [1.54, 1.807) is 6.21 Å². The second kappa shape index (κ2) is 2.77. The molecule has 1 aromatic rings. The molecule has 0 aromatic heterocycles. The van der Waals surface area contributed by atoms with Gasteiger partial charge in [0.25, 0.3) is 0 Å². The van der Waals surface area contributed by atoms with Gasteiger partial charge < -0.3 is 4.90 Å². The van der Waals surface area contributed by atoms with E-state index in [0.717, 1.165) is 17.2 Å². The summed E-state index contributed by atoms with van der Waals surface area (Å²) < 4.78 is 0. The summed E-state index contributed by atoms with van der Waals surface area (Å²) in [7, 11) is 0. The van der Waals surface area contributed by atoms with E-state index in [-0.39, 0.29) is 0 Å². The summed E-state index contributed by atoms with van der Waals surface area (Å²) in [5.41, 5.74) is 2.03. The van der Waals surface area contributed by atoms with Crippen LogP contribution in [0, 0.1) is 0 Å². The molecule has 2 aliphatic rings. The molecular formula is C10H8N4. The predicted octanol–water partition coefficient (Wildman–Crippen LogP) is 2.47. The van der Waals surface area contributed by atoms with Crippen LogP contribution in [0.5, 0.6) is 0 Å². The van der Waals surface area contributed by atoms with Crippen LogP contribution in [-0.4, -0.2) is 12.9 Å². The molecule has 0 unspecified atom stereocenters. The minimum absolute atomic E-state index is 0.589. The molecule has 4 heteroatoms. The van der Waals surface area contributed by atoms with E-state index in [2.05, 4.69) is 15.2 Å². The van der Waals surface area contributed by atoms with Gasteiger partial charge >= 0.3 is 0 Å². The van der Waals surface area contributed by atoms with Gasteiger partial charge in [-0.3, -0.25) is 4.99 Å². The number of aliphatic imine (C=N–C) groups is 1. The molecule has 2 aliphatic heterocycles. The Morgan fingerprint density at radius 1 is 1.21 bits per heavy atom. The maximum Gasteiger partial charge on any atom is 0.158 e. The number of fused-ring (bicyclic) bond motifs is 3. The predicted molar refractivity (Wildman–Crippen MR) is 54.9 cm³/mol. The van der Waals surface area contributed by atoms with Crippen molar-refractivity contribution in [2.45, 2.75) is 0 Å². The average molecular weight is 184 g/mol. The first-order valence-corrected chi connectivity index (χ1v) is 4.43. The summed E-state index contributed by atoms with van der Waals surface area (Å²) in [6.07, 6.45) is 3.63. The average Bonchev–Trinajstić information content (AvgIpc) is 2.61. The molecule has 14 heavy (non-hydrogen) atoms. The minimum atomic E-state index is 0.589. The summed E-state index contributed by atoms with van der Waals surface area (Å²) >= 11 is 0. The Morgan fingerprint density at radius 2 is 2.14 bits per heavy atom. The van der Waals surface area contributed by atoms with Gasteiger partial charge in [-0.15, -0.1) is 5.11 Å². The maximum absolute atomic E-state index is 4.32. The molecule has 4 nitrogen and oxygen atoms in total. The van der Waals surface area contributed by atoms with E-state index < -0.39 is 0 Å². The van der Waals surface area contributed by atoms with Crippen molar-refractivity contribution in [1.82, 2.24) is 0 Å². The number of nitrogens with zero attached hydrogens (tertiary/aromatic N) is 4. The molecule has 68 valence electrons. The zero-order chi connectivity index (χ0) is 9.38. The van der Waals surface area contributed by atoms with Gasteiger partial charge in [-0.25, -0.2) is 0 Å². The summed E-state index contributed by atoms with van der Waals surface area (Å²) in [5, 5.41) is 8.03. The number of hydrogen-bond donors (Lipinski definition) is 0. The largest absolute Gasteiger partial charge is 0.301 e. The first-order chi connectivity index (χ1) is 6.95. The van der Waals surface area contributed by atoms with Gasteiger partial charge in [-0.2, -0.15) is 5.11 Å². The van der Waals surface area contributed by atoms with Crippen molar-refractivity contribution in [3.05, 3.63) is 36.2 Å². The van der Waals surface area contributed by atoms with Crippen molar-refractivity contribution >= 4 is 17.6 Å². The molecule has 0 saturated heterocycles. The Balaban J connectivity index is 2.20. The zero-order valence-electron chi connectivity index (χ0n) is 7.46. The number of rotatable bonds is 0. The van der Waals surface area contributed by atoms with Gasteiger partial charge in [-0.05, 0) is 12.1 Å². The molecule has 0 amide bonds. The first kappa shape index (κ1) is 7.44. The SMILES string of the molecule is C1=Nc2ccccc2N2CN=NC2=C1. The lowest BCUT2D eigenvalue weighted by molar-refractivity contribution is 1.01. The topological polar surface area (TPSA) is 40.3 Å². The van der Waals surface area contributed by atoms with Crippen molar-refractivity contribution in [3.63, 3.8) is 0 Å². The zero-order valence-corrected chi connectivity index (χ0v) is 7.46. The van der Waals surface area contributed by atoms with Gasteiger partial charge in [0.15, 0.2) is 5.82 Å². The smallest absolute Gasteiger partial charge is 0.158 e. The van der Waals surface area contributed by atoms with Crippen LogP contribution in [0.4, 0.5) is 11.4 Å². The molecule has 3 rings (SSSR count). The van der Waals surface area contributed by atoms with Crippen molar-refractivity contribution in [2.75, 3.05) is 11.6 Å². The van der Waals surface area contributed by atoms with Crippen LogP contribution in [-0.2, 0) is 0 Å². The standard InChI is InChI=1S/C10H8N4/c1-2-4-9-8(3-1)11-6-5-10-13-12-7-14(9)10/h1-6H,7H2. The van der Waals surface area contributed by atoms with Gasteiger partial charge in [0, 0.05) is 12.3 Å². The number of hydrogen-bond acceptors (Lipinski definition) is 4. The van der Waals surface area contributed by atoms with Gasteiger partial charge in [0.2, 0.25) is 0 Å². The molecule has 0 bridgehead atoms. The molecule has 0 fully saturated rings. The normalized spacial score (nSPS) is 17.4. The van der Waals surface area contributed by atoms with Crippen LogP contribution >= 0.6 is 0 Å². The fourth-order valence-electron chi connectivity index (χ4n) is 1.60. The molecule has 0 N–H and O–H groups in total. The van der Waals surface area contributed by atoms with Crippen molar-refractivity contribution < 1.29 is 0 Å². The van der Waals surface area contributed by atoms with E-state index in [1.165, 1.54) is 0 Å². The lowest BCUT2D eigenvalue weighted by atomic mass is 10.2. The van der Waals surface area contributed by atoms with Crippen LogP contribution < -0.4 is 4.90 Å². The van der Waals surface area contributed by atoms with Crippen LogP contribution in [0.25, 0.3) is 0 Å². The van der Waals surface area contributed by atoms with Crippen molar-refractivity contribution in [1.29, 1.82) is 0 Å². The molecule has 0 radical (unpaired) electrons. The van der Waals surface area contributed by atoms with Crippen LogP contribution in [0.15, 0.2) is 51.4 Å². The van der Waals surface area contributed by atoms with E-state index >= 15 is 0 Å². The quantitative estimate of drug-likeness (QED) is 0.610. The molecule has 0 saturated carbocycles. The van der Waals surface area contributed by atoms with Crippen molar-refractivity contribution in [2.24, 2.45) is 15.2 Å². The number of benzene rings is 1. The Kier molecular flexibility index (Phi) is 1.47. The van der Waals surface area contributed by atoms with E-state index in [1.807, 2.05) is 35.2 Å². The minimum Gasteiger partial charge on any atom is -0.301 e. The summed E-state index contributed by atoms with van der Waals surface area (Å²) in [4.78, 5) is 6.37. The second-order valence-electron chi connectivity index (χ2n) is 3.10. The summed E-state index contributed by atoms with van der Waals surface area (Å²) in [6, 6.07) is 7.99. The fourth-order valence-corrected chi connectivity index (χ4v) is 1.60. The molecular weight excluding hydrogens is 176 g/mol. The maximum atomic E-state index is 4.32. The van der Waals surface area contributed by atoms with E-state index in [4.69, 9.17) is 0 Å². The summed E-state index contributed by atoms with van der Waals surface area (Å²) in [5.74, 6) is 0.860. The third-order valence-corrected chi connectivity index (χ3v) is 2.26. The highest BCUT2D eigenvalue weighted by Gasteiger charge is 2.19. The molecule has 1 aromatic carbocycles. The Hall–Kier alpha value is -1.97. The summed E-state index contributed by atoms with van der Waals surface area (Å²) in [6.45, 7) is 0.589. The lowest BCUT2D eigenvalue weighted by Gasteiger charge is -2.16. The Bertz CT molecular complexity index is 459. The number of azo groups is 1. The highest BCUT2D eigenvalue weighted by Crippen LogP contribution is 2.34. The Morgan fingerprint density at radius 3 is 3.14 bits per heavy atom. The third-order valence-electron chi connectivity index (χ3n) is 2.26. The molecule has 0 aliphatic carbocycles. The number of anilines is 1. The monoisotopic (exact) mass is 184 g/mol. The molecule has 2 heterocycles. The van der Waals surface area contributed by atoms with Crippen LogP contribution in [0.3, 0.4) is 0 Å². The molecule has 0 atom stereocenters. The van der Waals surface area contributed by atoms with Gasteiger partial charge in [0.1, 0.15) is 6.67 Å². The highest BCUT2D eigenvalue weighted by molar-refractivity contribution is 5.84. The number of para-hydroxylation sites is 2.